The van der Waals surface area contributed by atoms with Gasteiger partial charge in [-0.25, -0.2) is 0 Å². The Morgan fingerprint density at radius 2 is 1.69 bits per heavy atom. The van der Waals surface area contributed by atoms with Crippen LogP contribution in [0.2, 0.25) is 0 Å². The summed E-state index contributed by atoms with van der Waals surface area (Å²) in [6, 6.07) is 13.9. The summed E-state index contributed by atoms with van der Waals surface area (Å²) >= 11 is 0. The highest BCUT2D eigenvalue weighted by molar-refractivity contribution is 5.98. The van der Waals surface area contributed by atoms with E-state index in [9.17, 15) is 14.4 Å². The number of hydrogen-bond acceptors (Lipinski definition) is 5. The second-order valence-corrected chi connectivity index (χ2v) is 12.5. The lowest BCUT2D eigenvalue weighted by molar-refractivity contribution is -0.127. The zero-order valence-corrected chi connectivity index (χ0v) is 25.7. The average molecular weight is 577 g/mol. The van der Waals surface area contributed by atoms with Crippen molar-refractivity contribution in [3.63, 3.8) is 0 Å². The number of piperidine rings is 1. The van der Waals surface area contributed by atoms with Crippen LogP contribution < -0.4 is 15.8 Å². The van der Waals surface area contributed by atoms with Gasteiger partial charge in [0.25, 0.3) is 11.8 Å². The molecular weight excluding hydrogens is 528 g/mol. The normalized spacial score (nSPS) is 22.5. The van der Waals surface area contributed by atoms with Gasteiger partial charge in [0.05, 0.1) is 7.11 Å². The molecule has 2 atom stereocenters. The number of rotatable bonds is 10. The van der Waals surface area contributed by atoms with E-state index >= 15 is 0 Å². The highest BCUT2D eigenvalue weighted by atomic mass is 16.5. The first-order valence-corrected chi connectivity index (χ1v) is 15.5. The van der Waals surface area contributed by atoms with Gasteiger partial charge in [0.1, 0.15) is 11.8 Å². The van der Waals surface area contributed by atoms with Crippen molar-refractivity contribution in [2.24, 2.45) is 23.5 Å². The molecule has 0 bridgehead atoms. The average Bonchev–Trinajstić information content (AvgIpc) is 3.01. The predicted molar refractivity (Wildman–Crippen MR) is 165 cm³/mol. The molecule has 1 heterocycles. The van der Waals surface area contributed by atoms with E-state index in [-0.39, 0.29) is 29.7 Å². The Morgan fingerprint density at radius 3 is 2.36 bits per heavy atom. The summed E-state index contributed by atoms with van der Waals surface area (Å²) in [5.41, 5.74) is 8.04. The summed E-state index contributed by atoms with van der Waals surface area (Å²) in [4.78, 5) is 45.1. The van der Waals surface area contributed by atoms with Crippen molar-refractivity contribution < 1.29 is 19.1 Å². The first-order valence-electron chi connectivity index (χ1n) is 15.5. The van der Waals surface area contributed by atoms with Gasteiger partial charge in [-0.15, -0.1) is 0 Å². The summed E-state index contributed by atoms with van der Waals surface area (Å²) in [6.07, 6.45) is 5.28. The summed E-state index contributed by atoms with van der Waals surface area (Å²) < 4.78 is 5.35. The van der Waals surface area contributed by atoms with E-state index in [1.54, 1.807) is 36.3 Å². The molecule has 0 spiro atoms. The predicted octanol–water partition coefficient (Wildman–Crippen LogP) is 4.66. The minimum absolute atomic E-state index is 0.0270. The van der Waals surface area contributed by atoms with Gasteiger partial charge >= 0.3 is 0 Å². The van der Waals surface area contributed by atoms with E-state index in [1.807, 2.05) is 36.1 Å². The van der Waals surface area contributed by atoms with Gasteiger partial charge in [-0.3, -0.25) is 14.4 Å². The number of nitrogens with two attached hydrogens (primary N) is 1. The lowest BCUT2D eigenvalue weighted by Gasteiger charge is -2.43. The number of ether oxygens (including phenoxy) is 1. The van der Waals surface area contributed by atoms with Crippen LogP contribution in [-0.2, 0) is 4.79 Å². The van der Waals surface area contributed by atoms with Crippen molar-refractivity contribution in [2.45, 2.75) is 71.4 Å². The fraction of sp³-hybridized carbons (Fsp3) is 0.559. The Labute approximate surface area is 251 Å². The number of carbonyl (C=O) groups excluding carboxylic acids is 3. The van der Waals surface area contributed by atoms with Gasteiger partial charge in [-0.05, 0) is 100 Å². The van der Waals surface area contributed by atoms with Crippen LogP contribution in [0.4, 0.5) is 0 Å². The molecule has 2 aromatic rings. The van der Waals surface area contributed by atoms with E-state index < -0.39 is 6.04 Å². The molecule has 1 aliphatic carbocycles. The molecule has 2 aromatic carbocycles. The van der Waals surface area contributed by atoms with Gasteiger partial charge in [0.15, 0.2) is 0 Å². The largest absolute Gasteiger partial charge is 0.497 e. The zero-order valence-electron chi connectivity index (χ0n) is 25.7. The Kier molecular flexibility index (Phi) is 11.0. The topological polar surface area (TPSA) is 105 Å². The third-order valence-corrected chi connectivity index (χ3v) is 8.85. The fourth-order valence-corrected chi connectivity index (χ4v) is 6.41. The van der Waals surface area contributed by atoms with Crippen LogP contribution in [0.15, 0.2) is 48.5 Å². The highest BCUT2D eigenvalue weighted by Crippen LogP contribution is 2.29. The monoisotopic (exact) mass is 576 g/mol. The Balaban J connectivity index is 1.56. The van der Waals surface area contributed by atoms with Crippen molar-refractivity contribution in [2.75, 3.05) is 33.3 Å². The number of hydrogen-bond donors (Lipinski definition) is 2. The van der Waals surface area contributed by atoms with E-state index in [0.29, 0.717) is 61.2 Å². The molecule has 8 heteroatoms. The third kappa shape index (κ3) is 7.91. The summed E-state index contributed by atoms with van der Waals surface area (Å²) in [5.74, 6) is 1.47. The highest BCUT2D eigenvalue weighted by Gasteiger charge is 2.40. The van der Waals surface area contributed by atoms with Crippen molar-refractivity contribution in [3.05, 3.63) is 65.2 Å². The van der Waals surface area contributed by atoms with Crippen LogP contribution in [0.5, 0.6) is 5.75 Å². The molecule has 1 aliphatic heterocycles. The van der Waals surface area contributed by atoms with Crippen LogP contribution in [0.25, 0.3) is 0 Å². The van der Waals surface area contributed by atoms with Crippen LogP contribution in [0, 0.1) is 24.7 Å². The number of methoxy groups -OCH3 is 1. The van der Waals surface area contributed by atoms with Gasteiger partial charge in [0, 0.05) is 36.8 Å². The van der Waals surface area contributed by atoms with Crippen molar-refractivity contribution in [3.8, 4) is 5.75 Å². The van der Waals surface area contributed by atoms with Crippen LogP contribution in [-0.4, -0.2) is 72.9 Å². The maximum absolute atomic E-state index is 13.9. The minimum Gasteiger partial charge on any atom is -0.497 e. The first kappa shape index (κ1) is 31.5. The molecule has 4 rings (SSSR count). The minimum atomic E-state index is -0.678. The van der Waals surface area contributed by atoms with Gasteiger partial charge in [-0.1, -0.05) is 37.6 Å². The van der Waals surface area contributed by atoms with Gasteiger partial charge in [-0.2, -0.15) is 0 Å². The Morgan fingerprint density at radius 1 is 1.00 bits per heavy atom. The number of likely N-dealkylation sites (tertiary alicyclic amines) is 1. The molecule has 1 saturated heterocycles. The molecule has 2 fully saturated rings. The molecular formula is C34H48N4O4. The second-order valence-electron chi connectivity index (χ2n) is 12.5. The third-order valence-electron chi connectivity index (χ3n) is 8.85. The van der Waals surface area contributed by atoms with Crippen LogP contribution in [0.3, 0.4) is 0 Å². The lowest BCUT2D eigenvalue weighted by atomic mass is 9.82. The maximum atomic E-state index is 13.9. The zero-order chi connectivity index (χ0) is 30.2. The molecule has 228 valence electrons. The molecule has 2 aliphatic rings. The molecule has 8 nitrogen and oxygen atoms in total. The fourth-order valence-electron chi connectivity index (χ4n) is 6.41. The molecule has 1 saturated carbocycles. The van der Waals surface area contributed by atoms with Gasteiger partial charge in [0.2, 0.25) is 5.91 Å². The summed E-state index contributed by atoms with van der Waals surface area (Å²) in [6.45, 7) is 8.46. The molecule has 0 aromatic heterocycles. The molecule has 0 radical (unpaired) electrons. The number of amides is 3. The number of benzene rings is 2. The van der Waals surface area contributed by atoms with Crippen LogP contribution in [0.1, 0.15) is 78.7 Å². The van der Waals surface area contributed by atoms with E-state index in [2.05, 4.69) is 19.2 Å². The maximum Gasteiger partial charge on any atom is 0.254 e. The number of carbonyl (C=O) groups is 3. The Bertz CT molecular complexity index is 1220. The second kappa shape index (κ2) is 14.7. The molecule has 3 amide bonds. The van der Waals surface area contributed by atoms with Gasteiger partial charge < -0.3 is 25.6 Å². The SMILES string of the molecule is COc1cccc(C(=O)N2CCC(N(CC(C)C)C(=O)c3cccc(C)c3)C[C@@H]2C(=O)NCC2CCC(CN)CC2)c1. The Hall–Kier alpha value is -3.39. The number of nitrogens with one attached hydrogen (secondary N) is 1. The molecule has 3 N–H and O–H groups in total. The van der Waals surface area contributed by atoms with Crippen molar-refractivity contribution >= 4 is 17.7 Å². The molecule has 42 heavy (non-hydrogen) atoms. The summed E-state index contributed by atoms with van der Waals surface area (Å²) in [5, 5.41) is 3.19. The van der Waals surface area contributed by atoms with Crippen LogP contribution >= 0.6 is 0 Å². The standard InChI is InChI=1S/C34H48N4O4/c1-23(2)22-38(34(41)27-8-5-7-24(3)17-27)29-15-16-37(33(40)28-9-6-10-30(18-28)42-4)31(19-29)32(39)36-21-26-13-11-25(20-35)12-14-26/h5-10,17-18,23,25-26,29,31H,11-16,19-22,35H2,1-4H3,(H,36,39)/t25?,26?,29?,31-/m1/s1. The van der Waals surface area contributed by atoms with Crippen molar-refractivity contribution in [1.29, 1.82) is 0 Å². The number of nitrogens with zero attached hydrogens (tertiary/aromatic N) is 2. The first-order chi connectivity index (χ1) is 20.2. The van der Waals surface area contributed by atoms with E-state index in [0.717, 1.165) is 37.8 Å². The van der Waals surface area contributed by atoms with E-state index in [4.69, 9.17) is 10.5 Å². The summed E-state index contributed by atoms with van der Waals surface area (Å²) in [7, 11) is 1.57. The van der Waals surface area contributed by atoms with Crippen molar-refractivity contribution in [1.82, 2.24) is 15.1 Å². The lowest BCUT2D eigenvalue weighted by Crippen LogP contribution is -2.58. The smallest absolute Gasteiger partial charge is 0.254 e. The number of aryl methyl sites for hydroxylation is 1. The molecule has 1 unspecified atom stereocenters. The van der Waals surface area contributed by atoms with E-state index in [1.165, 1.54) is 0 Å². The quantitative estimate of drug-likeness (QED) is 0.428.